The molecule has 1 heterocycles. The summed E-state index contributed by atoms with van der Waals surface area (Å²) in [5, 5.41) is 9.02. The number of carbonyl (C=O) groups is 1. The molecule has 0 spiro atoms. The molecule has 0 bridgehead atoms. The number of benzene rings is 1. The van der Waals surface area contributed by atoms with Crippen LogP contribution in [-0.2, 0) is 46.7 Å². The van der Waals surface area contributed by atoms with Gasteiger partial charge in [-0.05, 0) is 66.8 Å². The lowest BCUT2D eigenvalue weighted by molar-refractivity contribution is -0.140. The topological polar surface area (TPSA) is 78.3 Å². The molecule has 2 aliphatic carbocycles. The van der Waals surface area contributed by atoms with Gasteiger partial charge in [0.2, 0.25) is 11.1 Å². The van der Waals surface area contributed by atoms with Gasteiger partial charge in [0.1, 0.15) is 6.73 Å². The quantitative estimate of drug-likeness (QED) is 0.207. The third kappa shape index (κ3) is 6.19. The van der Waals surface area contributed by atoms with Gasteiger partial charge in [0.05, 0.1) is 13.5 Å². The number of anilines is 2. The van der Waals surface area contributed by atoms with Crippen LogP contribution in [0, 0.1) is 0 Å². The standard InChI is InChI=1S/C24H36N4O3SSi/c1-30-21(29)11-13-32-24-26-23(28(27-24)16-31-12-14-33(2,3)4)25-22-19-9-5-7-17(19)15-18-8-6-10-20(18)22/h15H,5-14,16H2,1-4H3,(H,25,26,27). The summed E-state index contributed by atoms with van der Waals surface area (Å²) in [6.45, 7) is 8.16. The number of hydrogen-bond donors (Lipinski definition) is 1. The average Bonchev–Trinajstić information content (AvgIpc) is 3.50. The number of hydrogen-bond acceptors (Lipinski definition) is 7. The van der Waals surface area contributed by atoms with Crippen LogP contribution in [0.15, 0.2) is 11.2 Å². The number of nitrogens with one attached hydrogen (secondary N) is 1. The van der Waals surface area contributed by atoms with E-state index >= 15 is 0 Å². The van der Waals surface area contributed by atoms with Gasteiger partial charge in [0.15, 0.2) is 0 Å². The zero-order valence-electron chi connectivity index (χ0n) is 20.3. The minimum atomic E-state index is -1.15. The number of rotatable bonds is 11. The van der Waals surface area contributed by atoms with Crippen molar-refractivity contribution in [2.45, 2.75) is 82.5 Å². The summed E-state index contributed by atoms with van der Waals surface area (Å²) in [4.78, 5) is 16.3. The number of thioether (sulfide) groups is 1. The lowest BCUT2D eigenvalue weighted by atomic mass is 9.99. The smallest absolute Gasteiger partial charge is 0.306 e. The minimum Gasteiger partial charge on any atom is -0.469 e. The van der Waals surface area contributed by atoms with Gasteiger partial charge in [-0.3, -0.25) is 4.79 Å². The highest BCUT2D eigenvalue weighted by Gasteiger charge is 2.25. The van der Waals surface area contributed by atoms with E-state index in [4.69, 9.17) is 19.6 Å². The van der Waals surface area contributed by atoms with E-state index in [2.05, 4.69) is 31.0 Å². The van der Waals surface area contributed by atoms with Crippen molar-refractivity contribution in [2.75, 3.05) is 24.8 Å². The maximum atomic E-state index is 11.5. The molecular formula is C24H36N4O3SSi. The molecule has 0 atom stereocenters. The van der Waals surface area contributed by atoms with Crippen LogP contribution in [0.25, 0.3) is 0 Å². The largest absolute Gasteiger partial charge is 0.469 e. The summed E-state index contributed by atoms with van der Waals surface area (Å²) in [6.07, 6.45) is 7.34. The van der Waals surface area contributed by atoms with Crippen molar-refractivity contribution in [3.8, 4) is 0 Å². The van der Waals surface area contributed by atoms with E-state index in [1.165, 1.54) is 72.5 Å². The van der Waals surface area contributed by atoms with Crippen LogP contribution in [-0.4, -0.2) is 48.3 Å². The molecule has 180 valence electrons. The molecule has 7 nitrogen and oxygen atoms in total. The molecule has 0 saturated carbocycles. The van der Waals surface area contributed by atoms with Gasteiger partial charge in [0, 0.05) is 26.1 Å². The average molecular weight is 489 g/mol. The van der Waals surface area contributed by atoms with Crippen molar-refractivity contribution >= 4 is 37.4 Å². The lowest BCUT2D eigenvalue weighted by Gasteiger charge is -2.18. The third-order valence-electron chi connectivity index (χ3n) is 6.34. The van der Waals surface area contributed by atoms with Gasteiger partial charge in [-0.1, -0.05) is 37.5 Å². The first-order valence-corrected chi connectivity index (χ1v) is 16.7. The van der Waals surface area contributed by atoms with Crippen LogP contribution in [0.5, 0.6) is 0 Å². The Morgan fingerprint density at radius 2 is 1.85 bits per heavy atom. The molecule has 0 fully saturated rings. The molecule has 9 heteroatoms. The highest BCUT2D eigenvalue weighted by molar-refractivity contribution is 7.99. The summed E-state index contributed by atoms with van der Waals surface area (Å²) in [5.41, 5.74) is 7.13. The predicted molar refractivity (Wildman–Crippen MR) is 135 cm³/mol. The zero-order chi connectivity index (χ0) is 23.4. The van der Waals surface area contributed by atoms with E-state index in [0.717, 1.165) is 31.4 Å². The Hall–Kier alpha value is -1.84. The van der Waals surface area contributed by atoms with Crippen molar-refractivity contribution in [1.82, 2.24) is 14.8 Å². The van der Waals surface area contributed by atoms with Crippen LogP contribution in [0.2, 0.25) is 25.7 Å². The number of esters is 1. The fraction of sp³-hybridized carbons (Fsp3) is 0.625. The van der Waals surface area contributed by atoms with Crippen LogP contribution in [0.1, 0.15) is 41.5 Å². The van der Waals surface area contributed by atoms with Gasteiger partial charge >= 0.3 is 5.97 Å². The van der Waals surface area contributed by atoms with Crippen molar-refractivity contribution in [1.29, 1.82) is 0 Å². The molecule has 2 aromatic rings. The van der Waals surface area contributed by atoms with Gasteiger partial charge < -0.3 is 14.8 Å². The SMILES string of the molecule is COC(=O)CCSc1nc(Nc2c3c(cc4c2CCC4)CCC3)n(COCC[Si](C)(C)C)n1. The van der Waals surface area contributed by atoms with E-state index < -0.39 is 8.07 Å². The van der Waals surface area contributed by atoms with E-state index in [1.807, 2.05) is 4.68 Å². The fourth-order valence-corrected chi connectivity index (χ4v) is 6.02. The molecule has 0 saturated heterocycles. The van der Waals surface area contributed by atoms with Gasteiger partial charge in [0.25, 0.3) is 0 Å². The zero-order valence-corrected chi connectivity index (χ0v) is 22.1. The van der Waals surface area contributed by atoms with Crippen molar-refractivity contribution < 1.29 is 14.3 Å². The summed E-state index contributed by atoms with van der Waals surface area (Å²) in [6, 6.07) is 3.55. The number of methoxy groups -OCH3 is 1. The monoisotopic (exact) mass is 488 g/mol. The Morgan fingerprint density at radius 1 is 1.15 bits per heavy atom. The van der Waals surface area contributed by atoms with Crippen LogP contribution in [0.4, 0.5) is 11.6 Å². The Kier molecular flexibility index (Phi) is 7.81. The third-order valence-corrected chi connectivity index (χ3v) is 8.88. The summed E-state index contributed by atoms with van der Waals surface area (Å²) < 4.78 is 12.6. The molecular weight excluding hydrogens is 452 g/mol. The van der Waals surface area contributed by atoms with Gasteiger partial charge in [-0.15, -0.1) is 5.10 Å². The van der Waals surface area contributed by atoms with Gasteiger partial charge in [-0.25, -0.2) is 4.68 Å². The van der Waals surface area contributed by atoms with Crippen LogP contribution < -0.4 is 5.32 Å². The number of aromatic nitrogens is 3. The second-order valence-electron chi connectivity index (χ2n) is 10.1. The first-order valence-electron chi connectivity index (χ1n) is 12.0. The Balaban J connectivity index is 1.54. The minimum absolute atomic E-state index is 0.217. The summed E-state index contributed by atoms with van der Waals surface area (Å²) in [5.74, 6) is 1.09. The number of ether oxygens (including phenoxy) is 2. The predicted octanol–water partition coefficient (Wildman–Crippen LogP) is 4.97. The lowest BCUT2D eigenvalue weighted by Crippen LogP contribution is -2.22. The Morgan fingerprint density at radius 3 is 2.48 bits per heavy atom. The molecule has 4 rings (SSSR count). The summed E-state index contributed by atoms with van der Waals surface area (Å²) in [7, 11) is 0.259. The second-order valence-corrected chi connectivity index (χ2v) is 16.8. The fourth-order valence-electron chi connectivity index (χ4n) is 4.50. The number of nitrogens with zero attached hydrogens (tertiary/aromatic N) is 3. The van der Waals surface area contributed by atoms with E-state index in [9.17, 15) is 4.79 Å². The molecule has 2 aliphatic rings. The number of aryl methyl sites for hydroxylation is 2. The molecule has 1 N–H and O–H groups in total. The van der Waals surface area contributed by atoms with Crippen LogP contribution >= 0.6 is 11.8 Å². The molecule has 0 aliphatic heterocycles. The van der Waals surface area contributed by atoms with E-state index in [0.29, 0.717) is 24.1 Å². The van der Waals surface area contributed by atoms with Crippen LogP contribution in [0.3, 0.4) is 0 Å². The Labute approximate surface area is 202 Å². The molecule has 1 aromatic heterocycles. The second kappa shape index (κ2) is 10.6. The maximum Gasteiger partial charge on any atom is 0.306 e. The molecule has 0 radical (unpaired) electrons. The molecule has 33 heavy (non-hydrogen) atoms. The van der Waals surface area contributed by atoms with E-state index in [-0.39, 0.29) is 5.97 Å². The Bertz CT molecular complexity index is 970. The molecule has 0 unspecified atom stereocenters. The highest BCUT2D eigenvalue weighted by atomic mass is 32.2. The first-order chi connectivity index (χ1) is 15.8. The van der Waals surface area contributed by atoms with E-state index in [1.54, 1.807) is 0 Å². The number of fused-ring (bicyclic) bond motifs is 2. The number of carbonyl (C=O) groups excluding carboxylic acids is 1. The molecule has 1 aromatic carbocycles. The highest BCUT2D eigenvalue weighted by Crippen LogP contribution is 2.40. The normalized spacial score (nSPS) is 14.9. The maximum absolute atomic E-state index is 11.5. The van der Waals surface area contributed by atoms with Gasteiger partial charge in [-0.2, -0.15) is 4.98 Å². The first kappa shape index (κ1) is 24.3. The molecule has 0 amide bonds. The van der Waals surface area contributed by atoms with Crippen molar-refractivity contribution in [2.24, 2.45) is 0 Å². The van der Waals surface area contributed by atoms with Crippen molar-refractivity contribution in [3.63, 3.8) is 0 Å². The summed E-state index contributed by atoms with van der Waals surface area (Å²) >= 11 is 1.47. The van der Waals surface area contributed by atoms with Crippen molar-refractivity contribution in [3.05, 3.63) is 28.3 Å².